The van der Waals surface area contributed by atoms with E-state index in [9.17, 15) is 0 Å². The Balaban J connectivity index is 1.84. The van der Waals surface area contributed by atoms with E-state index in [-0.39, 0.29) is 6.10 Å². The van der Waals surface area contributed by atoms with Crippen LogP contribution in [0.3, 0.4) is 0 Å². The SMILES string of the molecule is CCOC(c1nc(N)nc(C2CCCCCC2)n1)C1CC1. The molecular weight excluding hydrogens is 264 g/mol. The van der Waals surface area contributed by atoms with E-state index in [0.717, 1.165) is 11.6 Å². The van der Waals surface area contributed by atoms with E-state index < -0.39 is 0 Å². The molecule has 1 aromatic rings. The highest BCUT2D eigenvalue weighted by molar-refractivity contribution is 5.19. The molecule has 2 N–H and O–H groups in total. The minimum absolute atomic E-state index is 0.00447. The number of hydrogen-bond acceptors (Lipinski definition) is 5. The molecule has 1 unspecified atom stereocenters. The van der Waals surface area contributed by atoms with Crippen LogP contribution in [0.2, 0.25) is 0 Å². The number of nitrogen functional groups attached to an aromatic ring is 1. The number of nitrogens with two attached hydrogens (primary N) is 1. The summed E-state index contributed by atoms with van der Waals surface area (Å²) in [6.45, 7) is 2.71. The molecule has 5 heteroatoms. The number of aromatic nitrogens is 3. The molecular formula is C16H26N4O. The first-order chi connectivity index (χ1) is 10.3. The fourth-order valence-electron chi connectivity index (χ4n) is 3.27. The Hall–Kier alpha value is -1.23. The van der Waals surface area contributed by atoms with Crippen LogP contribution in [0.25, 0.3) is 0 Å². The summed E-state index contributed by atoms with van der Waals surface area (Å²) in [5, 5.41) is 0. The van der Waals surface area contributed by atoms with Gasteiger partial charge in [-0.1, -0.05) is 25.7 Å². The maximum atomic E-state index is 5.94. The van der Waals surface area contributed by atoms with Crippen molar-refractivity contribution in [2.75, 3.05) is 12.3 Å². The van der Waals surface area contributed by atoms with Gasteiger partial charge in [0, 0.05) is 12.5 Å². The summed E-state index contributed by atoms with van der Waals surface area (Å²) in [5.41, 5.74) is 5.94. The van der Waals surface area contributed by atoms with Gasteiger partial charge in [0.2, 0.25) is 5.95 Å². The van der Waals surface area contributed by atoms with E-state index in [0.29, 0.717) is 24.4 Å². The fraction of sp³-hybridized carbons (Fsp3) is 0.812. The van der Waals surface area contributed by atoms with Crippen molar-refractivity contribution in [3.05, 3.63) is 11.6 Å². The average Bonchev–Trinajstić information content (AvgIpc) is 3.30. The predicted octanol–water partition coefficient (Wildman–Crippen LogP) is 3.38. The van der Waals surface area contributed by atoms with Gasteiger partial charge in [0.05, 0.1) is 0 Å². The van der Waals surface area contributed by atoms with Gasteiger partial charge < -0.3 is 10.5 Å². The standard InChI is InChI=1S/C16H26N4O/c1-2-21-13(11-9-10-11)15-18-14(19-16(17)20-15)12-7-5-3-4-6-8-12/h11-13H,2-10H2,1H3,(H2,17,18,19,20). The van der Waals surface area contributed by atoms with E-state index >= 15 is 0 Å². The lowest BCUT2D eigenvalue weighted by molar-refractivity contribution is 0.0397. The summed E-state index contributed by atoms with van der Waals surface area (Å²) < 4.78 is 5.87. The molecule has 116 valence electrons. The molecule has 2 aliphatic carbocycles. The van der Waals surface area contributed by atoms with Crippen molar-refractivity contribution >= 4 is 5.95 Å². The van der Waals surface area contributed by atoms with Crippen molar-refractivity contribution in [2.45, 2.75) is 70.3 Å². The van der Waals surface area contributed by atoms with Gasteiger partial charge in [-0.3, -0.25) is 0 Å². The second kappa shape index (κ2) is 6.69. The lowest BCUT2D eigenvalue weighted by Gasteiger charge is -2.18. The molecule has 0 amide bonds. The van der Waals surface area contributed by atoms with Crippen molar-refractivity contribution in [3.8, 4) is 0 Å². The van der Waals surface area contributed by atoms with Crippen LogP contribution in [0.1, 0.15) is 82.0 Å². The van der Waals surface area contributed by atoms with Gasteiger partial charge in [-0.05, 0) is 38.5 Å². The maximum absolute atomic E-state index is 5.94. The molecule has 5 nitrogen and oxygen atoms in total. The molecule has 0 saturated heterocycles. The largest absolute Gasteiger partial charge is 0.370 e. The molecule has 0 radical (unpaired) electrons. The van der Waals surface area contributed by atoms with Crippen LogP contribution in [-0.4, -0.2) is 21.6 Å². The molecule has 2 saturated carbocycles. The topological polar surface area (TPSA) is 73.9 Å². The maximum Gasteiger partial charge on any atom is 0.223 e. The van der Waals surface area contributed by atoms with Gasteiger partial charge >= 0.3 is 0 Å². The molecule has 1 heterocycles. The molecule has 2 fully saturated rings. The van der Waals surface area contributed by atoms with Crippen LogP contribution >= 0.6 is 0 Å². The summed E-state index contributed by atoms with van der Waals surface area (Å²) in [5.74, 6) is 3.01. The van der Waals surface area contributed by atoms with Crippen molar-refractivity contribution in [2.24, 2.45) is 5.92 Å². The quantitative estimate of drug-likeness (QED) is 0.841. The van der Waals surface area contributed by atoms with E-state index in [1.54, 1.807) is 0 Å². The van der Waals surface area contributed by atoms with Crippen LogP contribution in [0, 0.1) is 5.92 Å². The Morgan fingerprint density at radius 3 is 2.38 bits per heavy atom. The zero-order chi connectivity index (χ0) is 14.7. The van der Waals surface area contributed by atoms with E-state index in [2.05, 4.69) is 9.97 Å². The highest BCUT2D eigenvalue weighted by atomic mass is 16.5. The minimum Gasteiger partial charge on any atom is -0.370 e. The lowest BCUT2D eigenvalue weighted by atomic mass is 9.99. The van der Waals surface area contributed by atoms with Crippen molar-refractivity contribution in [3.63, 3.8) is 0 Å². The fourth-order valence-corrected chi connectivity index (χ4v) is 3.27. The zero-order valence-electron chi connectivity index (χ0n) is 12.9. The van der Waals surface area contributed by atoms with Gasteiger partial charge in [0.15, 0.2) is 5.82 Å². The van der Waals surface area contributed by atoms with Gasteiger partial charge in [0.25, 0.3) is 0 Å². The highest BCUT2D eigenvalue weighted by Crippen LogP contribution is 2.42. The van der Waals surface area contributed by atoms with Crippen molar-refractivity contribution < 1.29 is 4.74 Å². The van der Waals surface area contributed by atoms with Crippen LogP contribution in [0.15, 0.2) is 0 Å². The highest BCUT2D eigenvalue weighted by Gasteiger charge is 2.35. The molecule has 0 bridgehead atoms. The summed E-state index contributed by atoms with van der Waals surface area (Å²) >= 11 is 0. The van der Waals surface area contributed by atoms with Crippen LogP contribution in [0.4, 0.5) is 5.95 Å². The Kier molecular flexibility index (Phi) is 4.68. The van der Waals surface area contributed by atoms with Gasteiger partial charge in [-0.15, -0.1) is 0 Å². The lowest BCUT2D eigenvalue weighted by Crippen LogP contribution is -2.16. The van der Waals surface area contributed by atoms with Crippen LogP contribution in [-0.2, 0) is 4.74 Å². The Morgan fingerprint density at radius 1 is 1.05 bits per heavy atom. The second-order valence-corrected chi connectivity index (χ2v) is 6.31. The monoisotopic (exact) mass is 290 g/mol. The Morgan fingerprint density at radius 2 is 1.76 bits per heavy atom. The first-order valence-electron chi connectivity index (χ1n) is 8.41. The summed E-state index contributed by atoms with van der Waals surface area (Å²) in [6, 6.07) is 0. The molecule has 21 heavy (non-hydrogen) atoms. The van der Waals surface area contributed by atoms with Crippen molar-refractivity contribution in [1.82, 2.24) is 15.0 Å². The van der Waals surface area contributed by atoms with E-state index in [4.69, 9.17) is 15.5 Å². The number of anilines is 1. The second-order valence-electron chi connectivity index (χ2n) is 6.31. The van der Waals surface area contributed by atoms with Crippen LogP contribution < -0.4 is 5.73 Å². The summed E-state index contributed by atoms with van der Waals surface area (Å²) in [7, 11) is 0. The molecule has 1 atom stereocenters. The third-order valence-electron chi connectivity index (χ3n) is 4.56. The minimum atomic E-state index is 0.00447. The first-order valence-corrected chi connectivity index (χ1v) is 8.41. The normalized spacial score (nSPS) is 22.0. The first kappa shape index (κ1) is 14.7. The van der Waals surface area contributed by atoms with Crippen molar-refractivity contribution in [1.29, 1.82) is 0 Å². The Labute approximate surface area is 126 Å². The summed E-state index contributed by atoms with van der Waals surface area (Å²) in [6.07, 6.45) is 9.94. The molecule has 3 rings (SSSR count). The van der Waals surface area contributed by atoms with E-state index in [1.807, 2.05) is 6.92 Å². The third-order valence-corrected chi connectivity index (χ3v) is 4.56. The molecule has 1 aromatic heterocycles. The van der Waals surface area contributed by atoms with Gasteiger partial charge in [-0.2, -0.15) is 9.97 Å². The van der Waals surface area contributed by atoms with E-state index in [1.165, 1.54) is 51.4 Å². The van der Waals surface area contributed by atoms with Crippen LogP contribution in [0.5, 0.6) is 0 Å². The summed E-state index contributed by atoms with van der Waals surface area (Å²) in [4.78, 5) is 13.5. The molecule has 2 aliphatic rings. The molecule has 0 aliphatic heterocycles. The number of rotatable bonds is 5. The smallest absolute Gasteiger partial charge is 0.223 e. The zero-order valence-corrected chi connectivity index (χ0v) is 12.9. The van der Waals surface area contributed by atoms with Gasteiger partial charge in [-0.25, -0.2) is 4.98 Å². The number of ether oxygens (including phenoxy) is 1. The third kappa shape index (κ3) is 3.70. The molecule has 0 aromatic carbocycles. The number of nitrogens with zero attached hydrogens (tertiary/aromatic N) is 3. The number of hydrogen-bond donors (Lipinski definition) is 1. The van der Waals surface area contributed by atoms with Gasteiger partial charge in [0.1, 0.15) is 11.9 Å². The predicted molar refractivity (Wildman–Crippen MR) is 81.8 cm³/mol. The molecule has 0 spiro atoms. The Bertz CT molecular complexity index is 467. The average molecular weight is 290 g/mol.